The molecule has 0 aliphatic carbocycles. The Morgan fingerprint density at radius 2 is 1.64 bits per heavy atom. The molecule has 5 nitrogen and oxygen atoms in total. The van der Waals surface area contributed by atoms with E-state index in [1.165, 1.54) is 12.1 Å². The summed E-state index contributed by atoms with van der Waals surface area (Å²) in [6, 6.07) is 20.0. The van der Waals surface area contributed by atoms with Gasteiger partial charge >= 0.3 is 5.97 Å². The molecule has 0 aliphatic heterocycles. The van der Waals surface area contributed by atoms with Crippen LogP contribution in [0.4, 0.5) is 5.69 Å². The number of hydrogen-bond acceptors (Lipinski definition) is 4. The average Bonchev–Trinajstić information content (AvgIpc) is 2.62. The third-order valence-electron chi connectivity index (χ3n) is 3.54. The van der Waals surface area contributed by atoms with Gasteiger partial charge in [-0.2, -0.15) is 0 Å². The molecule has 0 N–H and O–H groups in total. The fraction of sp³-hybridized carbons (Fsp3) is 0. The Kier molecular flexibility index (Phi) is 4.90. The van der Waals surface area contributed by atoms with Gasteiger partial charge in [0.05, 0.1) is 16.1 Å². The van der Waals surface area contributed by atoms with Gasteiger partial charge in [0, 0.05) is 10.5 Å². The Morgan fingerprint density at radius 3 is 2.28 bits per heavy atom. The summed E-state index contributed by atoms with van der Waals surface area (Å²) < 4.78 is 6.11. The molecule has 0 saturated heterocycles. The number of nitro benzene ring substituents is 1. The molecule has 6 heteroatoms. The van der Waals surface area contributed by atoms with Crippen LogP contribution in [0.25, 0.3) is 11.1 Å². The van der Waals surface area contributed by atoms with Gasteiger partial charge < -0.3 is 4.74 Å². The van der Waals surface area contributed by atoms with Crippen molar-refractivity contribution in [3.63, 3.8) is 0 Å². The second kappa shape index (κ2) is 7.27. The number of nitro groups is 1. The normalized spacial score (nSPS) is 10.3. The molecule has 0 bridgehead atoms. The quantitative estimate of drug-likeness (QED) is 0.261. The van der Waals surface area contributed by atoms with Gasteiger partial charge in [0.15, 0.2) is 0 Å². The summed E-state index contributed by atoms with van der Waals surface area (Å²) in [5, 5.41) is 11.4. The van der Waals surface area contributed by atoms with E-state index < -0.39 is 10.9 Å². The van der Waals surface area contributed by atoms with Crippen molar-refractivity contribution in [1.29, 1.82) is 0 Å². The molecule has 25 heavy (non-hydrogen) atoms. The first-order valence-corrected chi connectivity index (χ1v) is 8.15. The summed E-state index contributed by atoms with van der Waals surface area (Å²) in [4.78, 5) is 23.2. The fourth-order valence-electron chi connectivity index (χ4n) is 2.34. The second-order valence-electron chi connectivity index (χ2n) is 5.20. The van der Waals surface area contributed by atoms with E-state index in [0.717, 1.165) is 4.47 Å². The number of halogens is 1. The largest absolute Gasteiger partial charge is 0.423 e. The topological polar surface area (TPSA) is 69.4 Å². The molecule has 3 rings (SSSR count). The van der Waals surface area contributed by atoms with Gasteiger partial charge in [0.1, 0.15) is 5.75 Å². The smallest absolute Gasteiger partial charge is 0.343 e. The van der Waals surface area contributed by atoms with E-state index in [9.17, 15) is 14.9 Å². The zero-order valence-corrected chi connectivity index (χ0v) is 14.5. The summed E-state index contributed by atoms with van der Waals surface area (Å²) in [7, 11) is 0. The molecule has 0 unspecified atom stereocenters. The standard InChI is InChI=1S/C19H12BrNO4/c20-15-9-6-13(7-10-15)17-11-8-14(12-18(17)21(23)24)19(22)25-16-4-2-1-3-5-16/h1-12H. The molecule has 0 aromatic heterocycles. The van der Waals surface area contributed by atoms with Crippen molar-refractivity contribution in [1.82, 2.24) is 0 Å². The highest BCUT2D eigenvalue weighted by atomic mass is 79.9. The minimum absolute atomic E-state index is 0.122. The van der Waals surface area contributed by atoms with Crippen LogP contribution < -0.4 is 4.74 Å². The van der Waals surface area contributed by atoms with Crippen LogP contribution in [0.1, 0.15) is 10.4 Å². The maximum absolute atomic E-state index is 12.2. The van der Waals surface area contributed by atoms with Crippen molar-refractivity contribution in [2.24, 2.45) is 0 Å². The van der Waals surface area contributed by atoms with E-state index >= 15 is 0 Å². The summed E-state index contributed by atoms with van der Waals surface area (Å²) in [5.74, 6) is -0.260. The molecule has 0 amide bonds. The van der Waals surface area contributed by atoms with E-state index in [-0.39, 0.29) is 11.3 Å². The zero-order chi connectivity index (χ0) is 17.8. The Balaban J connectivity index is 1.95. The molecular weight excluding hydrogens is 386 g/mol. The molecule has 0 fully saturated rings. The lowest BCUT2D eigenvalue weighted by Crippen LogP contribution is -2.09. The first-order valence-electron chi connectivity index (χ1n) is 7.36. The minimum Gasteiger partial charge on any atom is -0.423 e. The van der Waals surface area contributed by atoms with E-state index in [2.05, 4.69) is 15.9 Å². The maximum atomic E-state index is 12.2. The zero-order valence-electron chi connectivity index (χ0n) is 12.9. The monoisotopic (exact) mass is 397 g/mol. The number of ether oxygens (including phenoxy) is 1. The number of nitrogens with zero attached hydrogens (tertiary/aromatic N) is 1. The molecule has 0 aliphatic rings. The van der Waals surface area contributed by atoms with Crippen molar-refractivity contribution in [2.45, 2.75) is 0 Å². The number of benzene rings is 3. The van der Waals surface area contributed by atoms with Crippen LogP contribution in [0.5, 0.6) is 5.75 Å². The SMILES string of the molecule is O=C(Oc1ccccc1)c1ccc(-c2ccc(Br)cc2)c([N+](=O)[O-])c1. The lowest BCUT2D eigenvalue weighted by Gasteiger charge is -2.07. The van der Waals surface area contributed by atoms with Crippen LogP contribution >= 0.6 is 15.9 Å². The number of esters is 1. The Bertz CT molecular complexity index is 924. The van der Waals surface area contributed by atoms with Gasteiger partial charge in [-0.15, -0.1) is 0 Å². The highest BCUT2D eigenvalue weighted by Crippen LogP contribution is 2.31. The molecule has 0 atom stereocenters. The van der Waals surface area contributed by atoms with Gasteiger partial charge in [-0.1, -0.05) is 46.3 Å². The molecule has 0 heterocycles. The lowest BCUT2D eigenvalue weighted by molar-refractivity contribution is -0.384. The number of carbonyl (C=O) groups excluding carboxylic acids is 1. The Morgan fingerprint density at radius 1 is 0.960 bits per heavy atom. The molecule has 3 aromatic carbocycles. The van der Waals surface area contributed by atoms with E-state index in [4.69, 9.17) is 4.74 Å². The highest BCUT2D eigenvalue weighted by Gasteiger charge is 2.19. The lowest BCUT2D eigenvalue weighted by atomic mass is 10.0. The van der Waals surface area contributed by atoms with Crippen LogP contribution in [0.2, 0.25) is 0 Å². The summed E-state index contributed by atoms with van der Waals surface area (Å²) in [5.41, 5.74) is 1.10. The third-order valence-corrected chi connectivity index (χ3v) is 4.07. The molecule has 0 radical (unpaired) electrons. The van der Waals surface area contributed by atoms with Gasteiger partial charge in [-0.3, -0.25) is 10.1 Å². The molecule has 3 aromatic rings. The number of hydrogen-bond donors (Lipinski definition) is 0. The van der Waals surface area contributed by atoms with Crippen molar-refractivity contribution in [2.75, 3.05) is 0 Å². The van der Waals surface area contributed by atoms with Gasteiger partial charge in [0.25, 0.3) is 5.69 Å². The van der Waals surface area contributed by atoms with Gasteiger partial charge in [-0.05, 0) is 42.0 Å². The summed E-state index contributed by atoms with van der Waals surface area (Å²) >= 11 is 3.33. The minimum atomic E-state index is -0.642. The molecular formula is C19H12BrNO4. The molecule has 0 spiro atoms. The highest BCUT2D eigenvalue weighted by molar-refractivity contribution is 9.10. The van der Waals surface area contributed by atoms with Gasteiger partial charge in [-0.25, -0.2) is 4.79 Å². The second-order valence-corrected chi connectivity index (χ2v) is 6.11. The van der Waals surface area contributed by atoms with E-state index in [0.29, 0.717) is 16.9 Å². The molecule has 0 saturated carbocycles. The van der Waals surface area contributed by atoms with Crippen LogP contribution in [0.15, 0.2) is 77.3 Å². The van der Waals surface area contributed by atoms with Crippen LogP contribution in [0.3, 0.4) is 0 Å². The average molecular weight is 398 g/mol. The molecule has 124 valence electrons. The van der Waals surface area contributed by atoms with Crippen LogP contribution in [-0.4, -0.2) is 10.9 Å². The van der Waals surface area contributed by atoms with E-state index in [1.807, 2.05) is 0 Å². The Hall–Kier alpha value is -2.99. The maximum Gasteiger partial charge on any atom is 0.343 e. The number of rotatable bonds is 4. The van der Waals surface area contributed by atoms with Crippen molar-refractivity contribution >= 4 is 27.6 Å². The third kappa shape index (κ3) is 3.92. The van der Waals surface area contributed by atoms with Crippen LogP contribution in [0, 0.1) is 10.1 Å². The fourth-order valence-corrected chi connectivity index (χ4v) is 2.60. The summed E-state index contributed by atoms with van der Waals surface area (Å²) in [6.45, 7) is 0. The Labute approximate surface area is 152 Å². The predicted octanol–water partition coefficient (Wildman–Crippen LogP) is 5.24. The van der Waals surface area contributed by atoms with E-state index in [1.54, 1.807) is 60.7 Å². The van der Waals surface area contributed by atoms with Gasteiger partial charge in [0.2, 0.25) is 0 Å². The first kappa shape index (κ1) is 16.9. The van der Waals surface area contributed by atoms with Crippen molar-refractivity contribution in [3.8, 4) is 16.9 Å². The van der Waals surface area contributed by atoms with Crippen molar-refractivity contribution < 1.29 is 14.5 Å². The number of para-hydroxylation sites is 1. The predicted molar refractivity (Wildman–Crippen MR) is 97.6 cm³/mol. The van der Waals surface area contributed by atoms with Crippen LogP contribution in [-0.2, 0) is 0 Å². The van der Waals surface area contributed by atoms with Crippen molar-refractivity contribution in [3.05, 3.63) is 92.9 Å². The number of carbonyl (C=O) groups is 1. The first-order chi connectivity index (χ1) is 12.0. The summed E-state index contributed by atoms with van der Waals surface area (Å²) in [6.07, 6.45) is 0.